The van der Waals surface area contributed by atoms with E-state index >= 15 is 0 Å². The van der Waals surface area contributed by atoms with Crippen LogP contribution in [-0.2, 0) is 0 Å². The van der Waals surface area contributed by atoms with Gasteiger partial charge in [-0.05, 0) is 12.1 Å². The third kappa shape index (κ3) is 2.03. The Kier molecular flexibility index (Phi) is 3.89. The van der Waals surface area contributed by atoms with Gasteiger partial charge in [0.2, 0.25) is 0 Å². The Morgan fingerprint density at radius 1 is 1.29 bits per heavy atom. The van der Waals surface area contributed by atoms with E-state index < -0.39 is 0 Å². The van der Waals surface area contributed by atoms with Gasteiger partial charge in [-0.1, -0.05) is 31.7 Å². The second-order valence-corrected chi connectivity index (χ2v) is 3.67. The van der Waals surface area contributed by atoms with Crippen molar-refractivity contribution in [3.63, 3.8) is 0 Å². The normalized spacial score (nSPS) is 19.9. The van der Waals surface area contributed by atoms with Crippen molar-refractivity contribution in [2.24, 2.45) is 4.99 Å². The summed E-state index contributed by atoms with van der Waals surface area (Å²) in [6, 6.07) is 7.50. The fourth-order valence-corrected chi connectivity index (χ4v) is 1.97. The lowest BCUT2D eigenvalue weighted by atomic mass is 10.1. The molecule has 3 rings (SSSR count). The van der Waals surface area contributed by atoms with E-state index in [1.807, 2.05) is 47.5 Å². The van der Waals surface area contributed by atoms with E-state index in [0.717, 1.165) is 5.69 Å². The molecule has 2 aliphatic heterocycles. The van der Waals surface area contributed by atoms with Crippen molar-refractivity contribution in [3.05, 3.63) is 42.0 Å². The predicted molar refractivity (Wildman–Crippen MR) is 71.0 cm³/mol. The number of carbonyl (C=O) groups is 1. The van der Waals surface area contributed by atoms with Crippen LogP contribution in [0.4, 0.5) is 5.69 Å². The average molecular weight is 225 g/mol. The van der Waals surface area contributed by atoms with E-state index in [9.17, 15) is 4.79 Å². The van der Waals surface area contributed by atoms with Gasteiger partial charge in [-0.25, -0.2) is 0 Å². The minimum absolute atomic E-state index is 0. The first-order chi connectivity index (χ1) is 7.36. The number of benzene rings is 1. The molecule has 1 amide bonds. The van der Waals surface area contributed by atoms with Crippen LogP contribution in [0.25, 0.3) is 0 Å². The molecule has 3 radical (unpaired) electrons. The highest BCUT2D eigenvalue weighted by atomic mass is 16.2. The lowest BCUT2D eigenvalue weighted by Crippen LogP contribution is -2.35. The van der Waals surface area contributed by atoms with Crippen LogP contribution in [0, 0.1) is 0 Å². The van der Waals surface area contributed by atoms with Crippen LogP contribution in [0.3, 0.4) is 0 Å². The van der Waals surface area contributed by atoms with E-state index in [-0.39, 0.29) is 27.8 Å². The number of aliphatic imine (C=N–C) groups is 1. The van der Waals surface area contributed by atoms with Gasteiger partial charge < -0.3 is 4.90 Å². The molecular weight excluding hydrogens is 211 g/mol. The first-order valence-electron chi connectivity index (χ1n) is 4.97. The van der Waals surface area contributed by atoms with Gasteiger partial charge in [-0.3, -0.25) is 9.79 Å². The summed E-state index contributed by atoms with van der Waals surface area (Å²) in [7, 11) is 0. The maximum Gasteiger partial charge on any atom is 0.257 e. The highest BCUT2D eigenvalue weighted by molar-refractivity contribution is 6.03. The SMILES string of the molecule is C.O=C1c2ccccc2N=C[C@@H]2C=CCN12.[B]. The molecule has 17 heavy (non-hydrogen) atoms. The Morgan fingerprint density at radius 2 is 2.06 bits per heavy atom. The second kappa shape index (κ2) is 5.00. The van der Waals surface area contributed by atoms with E-state index in [4.69, 9.17) is 0 Å². The molecule has 1 aromatic carbocycles. The smallest absolute Gasteiger partial charge is 0.257 e. The van der Waals surface area contributed by atoms with E-state index in [2.05, 4.69) is 4.99 Å². The summed E-state index contributed by atoms with van der Waals surface area (Å²) in [4.78, 5) is 18.3. The van der Waals surface area contributed by atoms with E-state index in [1.165, 1.54) is 0 Å². The van der Waals surface area contributed by atoms with Gasteiger partial charge in [0.1, 0.15) is 0 Å². The molecule has 1 atom stereocenters. The lowest BCUT2D eigenvalue weighted by Gasteiger charge is -2.19. The standard InChI is InChI=1S/C12H10N2O.CH4.B/c15-12-10-5-1-2-6-11(10)13-8-9-4-3-7-14(9)12;;/h1-6,8-9H,7H2;1H4;/t9-;;/m0../s1. The Bertz CT molecular complexity index is 482. The fourth-order valence-electron chi connectivity index (χ4n) is 1.97. The minimum atomic E-state index is 0. The molecule has 0 saturated carbocycles. The van der Waals surface area contributed by atoms with Crippen LogP contribution in [0.15, 0.2) is 41.4 Å². The minimum Gasteiger partial charge on any atom is -0.323 e. The number of para-hydroxylation sites is 1. The molecule has 1 aromatic rings. The molecule has 0 aromatic heterocycles. The van der Waals surface area contributed by atoms with Crippen LogP contribution < -0.4 is 0 Å². The second-order valence-electron chi connectivity index (χ2n) is 3.67. The monoisotopic (exact) mass is 225 g/mol. The molecular formula is C13H14BN2O. The van der Waals surface area contributed by atoms with Crippen molar-refractivity contribution >= 4 is 26.2 Å². The van der Waals surface area contributed by atoms with Crippen molar-refractivity contribution in [3.8, 4) is 0 Å². The van der Waals surface area contributed by atoms with Crippen LogP contribution in [0.5, 0.6) is 0 Å². The Morgan fingerprint density at radius 3 is 2.88 bits per heavy atom. The number of carbonyl (C=O) groups excluding carboxylic acids is 1. The third-order valence-electron chi connectivity index (χ3n) is 2.76. The van der Waals surface area contributed by atoms with Gasteiger partial charge in [0, 0.05) is 21.2 Å². The van der Waals surface area contributed by atoms with Crippen molar-refractivity contribution in [2.45, 2.75) is 13.5 Å². The molecule has 0 fully saturated rings. The first kappa shape index (κ1) is 13.2. The van der Waals surface area contributed by atoms with Crippen molar-refractivity contribution in [1.29, 1.82) is 0 Å². The lowest BCUT2D eigenvalue weighted by molar-refractivity contribution is 0.0784. The molecule has 85 valence electrons. The number of hydrogen-bond acceptors (Lipinski definition) is 2. The van der Waals surface area contributed by atoms with Crippen LogP contribution in [0.2, 0.25) is 0 Å². The summed E-state index contributed by atoms with van der Waals surface area (Å²) < 4.78 is 0. The topological polar surface area (TPSA) is 32.7 Å². The van der Waals surface area contributed by atoms with Crippen LogP contribution >= 0.6 is 0 Å². The fraction of sp³-hybridized carbons (Fsp3) is 0.231. The summed E-state index contributed by atoms with van der Waals surface area (Å²) in [5, 5.41) is 0. The number of hydrogen-bond donors (Lipinski definition) is 0. The van der Waals surface area contributed by atoms with Crippen molar-refractivity contribution in [2.75, 3.05) is 6.54 Å². The van der Waals surface area contributed by atoms with Gasteiger partial charge in [-0.2, -0.15) is 0 Å². The molecule has 0 spiro atoms. The van der Waals surface area contributed by atoms with Gasteiger partial charge in [0.05, 0.1) is 17.3 Å². The quantitative estimate of drug-likeness (QED) is 0.491. The maximum atomic E-state index is 12.1. The van der Waals surface area contributed by atoms with Gasteiger partial charge in [0.15, 0.2) is 0 Å². The average Bonchev–Trinajstić information content (AvgIpc) is 2.69. The molecule has 3 nitrogen and oxygen atoms in total. The largest absolute Gasteiger partial charge is 0.323 e. The number of rotatable bonds is 0. The van der Waals surface area contributed by atoms with Gasteiger partial charge in [-0.15, -0.1) is 0 Å². The molecule has 2 heterocycles. The summed E-state index contributed by atoms with van der Waals surface area (Å²) >= 11 is 0. The van der Waals surface area contributed by atoms with Crippen molar-refractivity contribution in [1.82, 2.24) is 4.90 Å². The molecule has 0 N–H and O–H groups in total. The third-order valence-corrected chi connectivity index (χ3v) is 2.76. The number of nitrogens with zero attached hydrogens (tertiary/aromatic N) is 2. The van der Waals surface area contributed by atoms with Crippen LogP contribution in [-0.4, -0.2) is 38.0 Å². The highest BCUT2D eigenvalue weighted by Crippen LogP contribution is 2.25. The number of fused-ring (bicyclic) bond motifs is 2. The Labute approximate surface area is 103 Å². The summed E-state index contributed by atoms with van der Waals surface area (Å²) in [6.07, 6.45) is 5.84. The molecule has 0 saturated heterocycles. The molecule has 0 unspecified atom stereocenters. The zero-order valence-electron chi connectivity index (χ0n) is 8.71. The zero-order chi connectivity index (χ0) is 10.3. The zero-order valence-corrected chi connectivity index (χ0v) is 8.71. The molecule has 4 heteroatoms. The van der Waals surface area contributed by atoms with Gasteiger partial charge in [0.25, 0.3) is 5.91 Å². The Balaban J connectivity index is 0.000000722. The van der Waals surface area contributed by atoms with E-state index in [0.29, 0.717) is 12.1 Å². The maximum absolute atomic E-state index is 12.1. The van der Waals surface area contributed by atoms with Crippen LogP contribution in [0.1, 0.15) is 17.8 Å². The first-order valence-corrected chi connectivity index (χ1v) is 4.97. The summed E-state index contributed by atoms with van der Waals surface area (Å²) in [5.41, 5.74) is 1.46. The van der Waals surface area contributed by atoms with Crippen molar-refractivity contribution < 1.29 is 4.79 Å². The molecule has 0 aliphatic carbocycles. The summed E-state index contributed by atoms with van der Waals surface area (Å²) in [6.45, 7) is 0.684. The summed E-state index contributed by atoms with van der Waals surface area (Å²) in [5.74, 6) is 0.0677. The number of amides is 1. The Hall–Kier alpha value is -1.84. The molecule has 2 aliphatic rings. The van der Waals surface area contributed by atoms with Gasteiger partial charge >= 0.3 is 0 Å². The highest BCUT2D eigenvalue weighted by Gasteiger charge is 2.27. The van der Waals surface area contributed by atoms with E-state index in [1.54, 1.807) is 0 Å². The molecule has 0 bridgehead atoms. The predicted octanol–water partition coefficient (Wildman–Crippen LogP) is 2.04.